The fourth-order valence-electron chi connectivity index (χ4n) is 2.25. The average molecular weight is 352 g/mol. The van der Waals surface area contributed by atoms with Crippen molar-refractivity contribution in [2.75, 3.05) is 12.4 Å². The topological polar surface area (TPSA) is 76.1 Å². The molecule has 3 aromatic rings. The molecule has 0 radical (unpaired) electrons. The Bertz CT molecular complexity index is 883. The molecule has 0 atom stereocenters. The normalized spacial score (nSPS) is 10.2. The van der Waals surface area contributed by atoms with Crippen LogP contribution in [0.25, 0.3) is 0 Å². The molecule has 0 fully saturated rings. The van der Waals surface area contributed by atoms with Crippen LogP contribution in [-0.4, -0.2) is 23.0 Å². The third-order valence-electron chi connectivity index (χ3n) is 3.63. The van der Waals surface area contributed by atoms with E-state index in [0.717, 1.165) is 11.3 Å². The lowest BCUT2D eigenvalue weighted by Gasteiger charge is -2.08. The number of benzene rings is 2. The summed E-state index contributed by atoms with van der Waals surface area (Å²) in [6.45, 7) is 0.369. The molecule has 7 heteroatoms. The predicted molar refractivity (Wildman–Crippen MR) is 95.9 cm³/mol. The number of nitrogens with zero attached hydrogens (tertiary/aromatic N) is 2. The minimum atomic E-state index is -0.322. The summed E-state index contributed by atoms with van der Waals surface area (Å²) in [5.41, 5.74) is 1.84. The van der Waals surface area contributed by atoms with Gasteiger partial charge in [0.1, 0.15) is 29.4 Å². The van der Waals surface area contributed by atoms with E-state index in [9.17, 15) is 9.18 Å². The fraction of sp³-hybridized carbons (Fsp3) is 0.105. The number of methoxy groups -OCH3 is 1. The van der Waals surface area contributed by atoms with Crippen molar-refractivity contribution in [2.24, 2.45) is 0 Å². The Kier molecular flexibility index (Phi) is 5.38. The van der Waals surface area contributed by atoms with E-state index in [-0.39, 0.29) is 17.4 Å². The molecule has 1 heterocycles. The first-order chi connectivity index (χ1) is 12.6. The quantitative estimate of drug-likeness (QED) is 0.712. The van der Waals surface area contributed by atoms with Crippen molar-refractivity contribution in [1.29, 1.82) is 0 Å². The van der Waals surface area contributed by atoms with Crippen molar-refractivity contribution < 1.29 is 13.9 Å². The number of rotatable bonds is 6. The highest BCUT2D eigenvalue weighted by Gasteiger charge is 2.09. The van der Waals surface area contributed by atoms with Crippen LogP contribution in [0.15, 0.2) is 60.9 Å². The molecular formula is C19H17FN4O2. The van der Waals surface area contributed by atoms with Crippen LogP contribution in [0.3, 0.4) is 0 Å². The summed E-state index contributed by atoms with van der Waals surface area (Å²) in [6, 6.07) is 14.8. The Morgan fingerprint density at radius 2 is 1.81 bits per heavy atom. The number of carbonyl (C=O) groups is 1. The Balaban J connectivity index is 1.62. The van der Waals surface area contributed by atoms with Gasteiger partial charge in [0, 0.05) is 18.3 Å². The van der Waals surface area contributed by atoms with E-state index in [0.29, 0.717) is 18.1 Å². The first kappa shape index (κ1) is 17.3. The van der Waals surface area contributed by atoms with Gasteiger partial charge in [-0.2, -0.15) is 0 Å². The smallest absolute Gasteiger partial charge is 0.270 e. The lowest BCUT2D eigenvalue weighted by atomic mass is 10.2. The summed E-state index contributed by atoms with van der Waals surface area (Å²) < 4.78 is 18.0. The monoisotopic (exact) mass is 352 g/mol. The molecule has 6 nitrogen and oxygen atoms in total. The number of nitrogens with one attached hydrogen (secondary N) is 2. The molecule has 0 unspecified atom stereocenters. The van der Waals surface area contributed by atoms with Gasteiger partial charge in [0.2, 0.25) is 0 Å². The van der Waals surface area contributed by atoms with E-state index in [2.05, 4.69) is 20.6 Å². The third kappa shape index (κ3) is 4.54. The molecule has 132 valence electrons. The van der Waals surface area contributed by atoms with Crippen molar-refractivity contribution in [1.82, 2.24) is 15.3 Å². The molecule has 0 saturated heterocycles. The second-order valence-electron chi connectivity index (χ2n) is 5.45. The zero-order chi connectivity index (χ0) is 18.4. The van der Waals surface area contributed by atoms with Crippen molar-refractivity contribution in [3.8, 4) is 5.75 Å². The molecular weight excluding hydrogens is 335 g/mol. The minimum absolute atomic E-state index is 0.234. The first-order valence-corrected chi connectivity index (χ1v) is 7.90. The number of carbonyl (C=O) groups excluding carboxylic acids is 1. The van der Waals surface area contributed by atoms with Crippen LogP contribution in [0, 0.1) is 5.82 Å². The SMILES string of the molecule is COc1ccc(CNC(=O)c2cc(Nc3ccc(F)cc3)ncn2)cc1. The molecule has 26 heavy (non-hydrogen) atoms. The number of halogens is 1. The standard InChI is InChI=1S/C19H17FN4O2/c1-26-16-8-2-13(3-9-16)11-21-19(25)17-10-18(23-12-22-17)24-15-6-4-14(20)5-7-15/h2-10,12H,11H2,1H3,(H,21,25)(H,22,23,24). The highest BCUT2D eigenvalue weighted by Crippen LogP contribution is 2.15. The zero-order valence-electron chi connectivity index (χ0n) is 14.1. The van der Waals surface area contributed by atoms with Crippen LogP contribution in [0.2, 0.25) is 0 Å². The van der Waals surface area contributed by atoms with Gasteiger partial charge in [-0.1, -0.05) is 12.1 Å². The fourth-order valence-corrected chi connectivity index (χ4v) is 2.25. The maximum atomic E-state index is 12.9. The van der Waals surface area contributed by atoms with Crippen LogP contribution in [-0.2, 0) is 6.54 Å². The van der Waals surface area contributed by atoms with Crippen LogP contribution in [0.4, 0.5) is 15.9 Å². The molecule has 1 amide bonds. The van der Waals surface area contributed by atoms with E-state index < -0.39 is 0 Å². The lowest BCUT2D eigenvalue weighted by Crippen LogP contribution is -2.24. The number of hydrogen-bond acceptors (Lipinski definition) is 5. The zero-order valence-corrected chi connectivity index (χ0v) is 14.1. The van der Waals surface area contributed by atoms with Gasteiger partial charge < -0.3 is 15.4 Å². The summed E-state index contributed by atoms with van der Waals surface area (Å²) in [4.78, 5) is 20.3. The lowest BCUT2D eigenvalue weighted by molar-refractivity contribution is 0.0946. The molecule has 1 aromatic heterocycles. The summed E-state index contributed by atoms with van der Waals surface area (Å²) in [5, 5.41) is 5.81. The van der Waals surface area contributed by atoms with Gasteiger partial charge in [0.05, 0.1) is 7.11 Å². The Hall–Kier alpha value is -3.48. The third-order valence-corrected chi connectivity index (χ3v) is 3.63. The van der Waals surface area contributed by atoms with E-state index in [4.69, 9.17) is 4.74 Å². The maximum absolute atomic E-state index is 12.9. The van der Waals surface area contributed by atoms with Gasteiger partial charge in [-0.15, -0.1) is 0 Å². The molecule has 0 bridgehead atoms. The van der Waals surface area contributed by atoms with E-state index >= 15 is 0 Å². The molecule has 3 rings (SSSR count). The summed E-state index contributed by atoms with van der Waals surface area (Å²) >= 11 is 0. The van der Waals surface area contributed by atoms with Crippen LogP contribution < -0.4 is 15.4 Å². The van der Waals surface area contributed by atoms with E-state index in [1.807, 2.05) is 24.3 Å². The minimum Gasteiger partial charge on any atom is -0.497 e. The van der Waals surface area contributed by atoms with Crippen LogP contribution in [0.5, 0.6) is 5.75 Å². The molecule has 0 saturated carbocycles. The predicted octanol–water partition coefficient (Wildman–Crippen LogP) is 3.30. The first-order valence-electron chi connectivity index (χ1n) is 7.90. The van der Waals surface area contributed by atoms with E-state index in [1.165, 1.54) is 24.5 Å². The van der Waals surface area contributed by atoms with Gasteiger partial charge >= 0.3 is 0 Å². The van der Waals surface area contributed by atoms with Crippen LogP contribution >= 0.6 is 0 Å². The number of aromatic nitrogens is 2. The molecule has 0 aliphatic rings. The molecule has 0 aliphatic heterocycles. The number of ether oxygens (including phenoxy) is 1. The summed E-state index contributed by atoms with van der Waals surface area (Å²) in [5.74, 6) is 0.566. The van der Waals surface area contributed by atoms with Gasteiger partial charge in [0.15, 0.2) is 0 Å². The Morgan fingerprint density at radius 1 is 1.08 bits per heavy atom. The maximum Gasteiger partial charge on any atom is 0.270 e. The highest BCUT2D eigenvalue weighted by molar-refractivity contribution is 5.92. The average Bonchev–Trinajstić information content (AvgIpc) is 2.68. The van der Waals surface area contributed by atoms with Gasteiger partial charge in [-0.3, -0.25) is 4.79 Å². The highest BCUT2D eigenvalue weighted by atomic mass is 19.1. The molecule has 2 aromatic carbocycles. The number of hydrogen-bond donors (Lipinski definition) is 2. The molecule has 0 aliphatic carbocycles. The van der Waals surface area contributed by atoms with Gasteiger partial charge in [-0.25, -0.2) is 14.4 Å². The van der Waals surface area contributed by atoms with Crippen molar-refractivity contribution in [3.63, 3.8) is 0 Å². The van der Waals surface area contributed by atoms with Crippen molar-refractivity contribution >= 4 is 17.4 Å². The largest absolute Gasteiger partial charge is 0.497 e. The summed E-state index contributed by atoms with van der Waals surface area (Å²) in [6.07, 6.45) is 1.30. The second-order valence-corrected chi connectivity index (χ2v) is 5.45. The second kappa shape index (κ2) is 8.06. The van der Waals surface area contributed by atoms with Crippen molar-refractivity contribution in [2.45, 2.75) is 6.54 Å². The van der Waals surface area contributed by atoms with E-state index in [1.54, 1.807) is 19.2 Å². The molecule has 2 N–H and O–H groups in total. The summed E-state index contributed by atoms with van der Waals surface area (Å²) in [7, 11) is 1.60. The number of amides is 1. The Morgan fingerprint density at radius 3 is 2.50 bits per heavy atom. The Labute approximate surface area is 150 Å². The van der Waals surface area contributed by atoms with Gasteiger partial charge in [-0.05, 0) is 42.0 Å². The van der Waals surface area contributed by atoms with Crippen LogP contribution in [0.1, 0.15) is 16.1 Å². The van der Waals surface area contributed by atoms with Crippen molar-refractivity contribution in [3.05, 3.63) is 78.0 Å². The molecule has 0 spiro atoms. The number of anilines is 2. The van der Waals surface area contributed by atoms with Gasteiger partial charge in [0.25, 0.3) is 5.91 Å².